The van der Waals surface area contributed by atoms with Crippen molar-refractivity contribution in [2.45, 2.75) is 6.54 Å². The van der Waals surface area contributed by atoms with Crippen LogP contribution in [-0.2, 0) is 6.54 Å². The second kappa shape index (κ2) is 7.12. The van der Waals surface area contributed by atoms with Crippen LogP contribution in [-0.4, -0.2) is 13.2 Å². The van der Waals surface area contributed by atoms with Gasteiger partial charge in [0.1, 0.15) is 30.5 Å². The third kappa shape index (κ3) is 4.11. The van der Waals surface area contributed by atoms with Crippen molar-refractivity contribution in [1.82, 2.24) is 0 Å². The molecule has 0 radical (unpaired) electrons. The topological polar surface area (TPSA) is 44.5 Å². The molecule has 2 aromatic carbocycles. The van der Waals surface area contributed by atoms with Gasteiger partial charge in [0, 0.05) is 12.6 Å². The Morgan fingerprint density at radius 3 is 2.15 bits per heavy atom. The highest BCUT2D eigenvalue weighted by Crippen LogP contribution is 2.21. The molecule has 3 nitrogen and oxygen atoms in total. The Balaban J connectivity index is 1.76. The Labute approximate surface area is 122 Å². The summed E-state index contributed by atoms with van der Waals surface area (Å²) in [4.78, 5) is 0. The van der Waals surface area contributed by atoms with Crippen molar-refractivity contribution in [3.8, 4) is 11.5 Å². The third-order valence-electron chi connectivity index (χ3n) is 2.67. The highest BCUT2D eigenvalue weighted by molar-refractivity contribution is 6.30. The van der Waals surface area contributed by atoms with Crippen LogP contribution in [0.3, 0.4) is 0 Å². The van der Waals surface area contributed by atoms with Gasteiger partial charge in [0.05, 0.1) is 5.02 Å². The summed E-state index contributed by atoms with van der Waals surface area (Å²) < 4.78 is 23.9. The molecule has 0 fully saturated rings. The first-order chi connectivity index (χ1) is 9.69. The smallest absolute Gasteiger partial charge is 0.142 e. The molecule has 0 bridgehead atoms. The van der Waals surface area contributed by atoms with Gasteiger partial charge in [-0.3, -0.25) is 0 Å². The molecule has 0 aliphatic carbocycles. The van der Waals surface area contributed by atoms with Crippen molar-refractivity contribution in [1.29, 1.82) is 0 Å². The van der Waals surface area contributed by atoms with Crippen LogP contribution in [0.4, 0.5) is 4.39 Å². The lowest BCUT2D eigenvalue weighted by Crippen LogP contribution is -2.09. The van der Waals surface area contributed by atoms with Crippen LogP contribution in [0, 0.1) is 5.82 Å². The van der Waals surface area contributed by atoms with Crippen molar-refractivity contribution in [2.75, 3.05) is 13.2 Å². The maximum atomic E-state index is 12.9. The molecule has 2 rings (SSSR count). The van der Waals surface area contributed by atoms with Crippen LogP contribution in [0.25, 0.3) is 0 Å². The van der Waals surface area contributed by atoms with E-state index in [0.29, 0.717) is 25.5 Å². The maximum absolute atomic E-state index is 12.9. The largest absolute Gasteiger partial charge is 0.490 e. The minimum absolute atomic E-state index is 0.0424. The molecule has 20 heavy (non-hydrogen) atoms. The van der Waals surface area contributed by atoms with E-state index < -0.39 is 5.82 Å². The van der Waals surface area contributed by atoms with Crippen molar-refractivity contribution in [2.24, 2.45) is 5.73 Å². The number of nitrogens with two attached hydrogens (primary N) is 1. The molecule has 0 spiro atoms. The lowest BCUT2D eigenvalue weighted by Gasteiger charge is -2.09. The predicted molar refractivity (Wildman–Crippen MR) is 76.7 cm³/mol. The summed E-state index contributed by atoms with van der Waals surface area (Å²) in [7, 11) is 0. The Hall–Kier alpha value is -1.78. The third-order valence-corrected chi connectivity index (χ3v) is 2.96. The minimum atomic E-state index is -0.463. The lowest BCUT2D eigenvalue weighted by molar-refractivity contribution is 0.217. The van der Waals surface area contributed by atoms with E-state index in [2.05, 4.69) is 0 Å². The number of halogens is 2. The number of benzene rings is 2. The van der Waals surface area contributed by atoms with Crippen molar-refractivity contribution < 1.29 is 13.9 Å². The Bertz CT molecular complexity index is 560. The normalized spacial score (nSPS) is 10.3. The first kappa shape index (κ1) is 14.6. The van der Waals surface area contributed by atoms with Gasteiger partial charge in [-0.1, -0.05) is 23.7 Å². The van der Waals surface area contributed by atoms with Gasteiger partial charge in [0.2, 0.25) is 0 Å². The molecule has 2 N–H and O–H groups in total. The summed E-state index contributed by atoms with van der Waals surface area (Å²) in [6.07, 6.45) is 0. The summed E-state index contributed by atoms with van der Waals surface area (Å²) in [5.41, 5.74) is 6.56. The van der Waals surface area contributed by atoms with Crippen LogP contribution >= 0.6 is 11.6 Å². The number of ether oxygens (including phenoxy) is 2. The first-order valence-corrected chi connectivity index (χ1v) is 6.56. The van der Waals surface area contributed by atoms with Gasteiger partial charge in [-0.05, 0) is 29.8 Å². The zero-order valence-corrected chi connectivity index (χ0v) is 11.6. The Morgan fingerprint density at radius 1 is 0.950 bits per heavy atom. The molecule has 0 saturated carbocycles. The van der Waals surface area contributed by atoms with Crippen LogP contribution in [0.2, 0.25) is 5.02 Å². The zero-order chi connectivity index (χ0) is 14.4. The molecule has 0 atom stereocenters. The summed E-state index contributed by atoms with van der Waals surface area (Å²) in [5, 5.41) is 0.0424. The molecule has 0 saturated heterocycles. The molecule has 0 aliphatic rings. The van der Waals surface area contributed by atoms with Gasteiger partial charge < -0.3 is 15.2 Å². The second-order valence-corrected chi connectivity index (χ2v) is 4.53. The monoisotopic (exact) mass is 295 g/mol. The molecule has 5 heteroatoms. The Morgan fingerprint density at radius 2 is 1.55 bits per heavy atom. The van der Waals surface area contributed by atoms with Gasteiger partial charge in [0.25, 0.3) is 0 Å². The van der Waals surface area contributed by atoms with Crippen molar-refractivity contribution in [3.05, 3.63) is 58.9 Å². The summed E-state index contributed by atoms with van der Waals surface area (Å²) >= 11 is 5.65. The fourth-order valence-electron chi connectivity index (χ4n) is 1.61. The minimum Gasteiger partial charge on any atom is -0.490 e. The highest BCUT2D eigenvalue weighted by Gasteiger charge is 2.01. The van der Waals surface area contributed by atoms with Crippen molar-refractivity contribution in [3.63, 3.8) is 0 Å². The van der Waals surface area contributed by atoms with E-state index in [1.54, 1.807) is 0 Å². The van der Waals surface area contributed by atoms with Gasteiger partial charge in [-0.25, -0.2) is 4.39 Å². The summed E-state index contributed by atoms with van der Waals surface area (Å²) in [6.45, 7) is 1.24. The van der Waals surface area contributed by atoms with Crippen LogP contribution in [0.15, 0.2) is 42.5 Å². The fraction of sp³-hybridized carbons (Fsp3) is 0.200. The molecular formula is C15H15ClFNO2. The second-order valence-electron chi connectivity index (χ2n) is 4.12. The molecule has 0 heterocycles. The standard InChI is InChI=1S/C15H15ClFNO2/c16-14-9-13(5-6-15(14)17)20-8-7-19-12-3-1-11(10-18)2-4-12/h1-6,9H,7-8,10,18H2. The lowest BCUT2D eigenvalue weighted by atomic mass is 10.2. The molecule has 0 amide bonds. The van der Waals surface area contributed by atoms with Crippen LogP contribution < -0.4 is 15.2 Å². The zero-order valence-electron chi connectivity index (χ0n) is 10.8. The number of hydrogen-bond donors (Lipinski definition) is 1. The van der Waals surface area contributed by atoms with Gasteiger partial charge in [-0.2, -0.15) is 0 Å². The molecular weight excluding hydrogens is 281 g/mol. The maximum Gasteiger partial charge on any atom is 0.142 e. The molecule has 106 valence electrons. The fourth-order valence-corrected chi connectivity index (χ4v) is 1.78. The van der Waals surface area contributed by atoms with E-state index in [9.17, 15) is 4.39 Å². The average Bonchev–Trinajstić information content (AvgIpc) is 2.48. The average molecular weight is 296 g/mol. The van der Waals surface area contributed by atoms with Crippen molar-refractivity contribution >= 4 is 11.6 Å². The van der Waals surface area contributed by atoms with Crippen LogP contribution in [0.1, 0.15) is 5.56 Å². The first-order valence-electron chi connectivity index (χ1n) is 6.18. The Kier molecular flexibility index (Phi) is 5.21. The van der Waals surface area contributed by atoms with E-state index in [1.807, 2.05) is 24.3 Å². The van der Waals surface area contributed by atoms with Gasteiger partial charge in [-0.15, -0.1) is 0 Å². The van der Waals surface area contributed by atoms with E-state index in [-0.39, 0.29) is 5.02 Å². The summed E-state index contributed by atoms with van der Waals surface area (Å²) in [5.74, 6) is 0.802. The van der Waals surface area contributed by atoms with E-state index in [0.717, 1.165) is 11.3 Å². The number of rotatable bonds is 6. The predicted octanol–water partition coefficient (Wildman–Crippen LogP) is 3.40. The molecule has 0 aromatic heterocycles. The van der Waals surface area contributed by atoms with Gasteiger partial charge >= 0.3 is 0 Å². The van der Waals surface area contributed by atoms with E-state index in [1.165, 1.54) is 18.2 Å². The SMILES string of the molecule is NCc1ccc(OCCOc2ccc(F)c(Cl)c2)cc1. The van der Waals surface area contributed by atoms with Crippen LogP contribution in [0.5, 0.6) is 11.5 Å². The summed E-state index contributed by atoms with van der Waals surface area (Å²) in [6, 6.07) is 11.8. The van der Waals surface area contributed by atoms with Gasteiger partial charge in [0.15, 0.2) is 0 Å². The molecule has 2 aromatic rings. The van der Waals surface area contributed by atoms with E-state index in [4.69, 9.17) is 26.8 Å². The molecule has 0 aliphatic heterocycles. The molecule has 0 unspecified atom stereocenters. The number of hydrogen-bond acceptors (Lipinski definition) is 3. The quantitative estimate of drug-likeness (QED) is 0.831. The highest BCUT2D eigenvalue weighted by atomic mass is 35.5. The van der Waals surface area contributed by atoms with E-state index >= 15 is 0 Å².